The summed E-state index contributed by atoms with van der Waals surface area (Å²) in [5.41, 5.74) is 25.0. The zero-order chi connectivity index (χ0) is 41.9. The summed E-state index contributed by atoms with van der Waals surface area (Å²) in [7, 11) is 0. The van der Waals surface area contributed by atoms with E-state index in [1.807, 2.05) is 0 Å². The molecule has 0 fully saturated rings. The lowest BCUT2D eigenvalue weighted by molar-refractivity contribution is 0.669. The summed E-state index contributed by atoms with van der Waals surface area (Å²) in [6.45, 7) is 0. The molecule has 1 unspecified atom stereocenters. The van der Waals surface area contributed by atoms with Crippen molar-refractivity contribution < 1.29 is 4.42 Å². The Morgan fingerprint density at radius 1 is 0.359 bits per heavy atom. The van der Waals surface area contributed by atoms with Crippen molar-refractivity contribution in [2.24, 2.45) is 0 Å². The Hall–Kier alpha value is -8.20. The number of furan rings is 1. The van der Waals surface area contributed by atoms with Gasteiger partial charge in [0.05, 0.1) is 16.8 Å². The molecule has 1 aromatic heterocycles. The summed E-state index contributed by atoms with van der Waals surface area (Å²) in [5, 5.41) is 2.21. The van der Waals surface area contributed by atoms with E-state index in [2.05, 4.69) is 229 Å². The maximum Gasteiger partial charge on any atom is 0.159 e. The molecule has 11 aromatic rings. The Morgan fingerprint density at radius 2 is 0.953 bits per heavy atom. The Labute approximate surface area is 372 Å². The molecule has 14 rings (SSSR count). The van der Waals surface area contributed by atoms with Gasteiger partial charge in [0.25, 0.3) is 0 Å². The molecule has 2 heteroatoms. The van der Waals surface area contributed by atoms with Gasteiger partial charge in [-0.05, 0) is 120 Å². The molecule has 2 nitrogen and oxygen atoms in total. The molecule has 0 aliphatic heterocycles. The number of hydrogen-bond donors (Lipinski definition) is 0. The SMILES string of the molecule is c1ccc(-c2ccccc2N(c2ccc3c(c2)-c2ccccc2-c2ccccc2C32c3ccccc3-c3c2ccc2c3-c3ccccc3C2)c2cccc3c2oc2ccccc23)cc1. The first kappa shape index (κ1) is 35.4. The third-order valence-corrected chi connectivity index (χ3v) is 14.3. The Morgan fingerprint density at radius 3 is 1.80 bits per heavy atom. The molecule has 0 bridgehead atoms. The number of para-hydroxylation sites is 3. The predicted molar refractivity (Wildman–Crippen MR) is 264 cm³/mol. The number of hydrogen-bond acceptors (Lipinski definition) is 2. The highest BCUT2D eigenvalue weighted by Gasteiger charge is 2.51. The van der Waals surface area contributed by atoms with Gasteiger partial charge in [-0.2, -0.15) is 0 Å². The van der Waals surface area contributed by atoms with E-state index in [9.17, 15) is 0 Å². The van der Waals surface area contributed by atoms with Crippen molar-refractivity contribution in [2.75, 3.05) is 4.90 Å². The first-order valence-corrected chi connectivity index (χ1v) is 22.3. The van der Waals surface area contributed by atoms with Gasteiger partial charge in [0.2, 0.25) is 0 Å². The molecule has 3 aliphatic rings. The third-order valence-electron chi connectivity index (χ3n) is 14.3. The van der Waals surface area contributed by atoms with Crippen LogP contribution in [0.15, 0.2) is 229 Å². The number of nitrogens with zero attached hydrogens (tertiary/aromatic N) is 1. The molecular weight excluding hydrogens is 775 g/mol. The van der Waals surface area contributed by atoms with Crippen molar-refractivity contribution in [3.05, 3.63) is 258 Å². The highest BCUT2D eigenvalue weighted by molar-refractivity contribution is 6.11. The van der Waals surface area contributed by atoms with Crippen LogP contribution in [-0.2, 0) is 11.8 Å². The van der Waals surface area contributed by atoms with Crippen LogP contribution in [0.25, 0.3) is 77.6 Å². The molecule has 0 saturated carbocycles. The monoisotopic (exact) mass is 813 g/mol. The minimum Gasteiger partial charge on any atom is -0.454 e. The normalized spacial score (nSPS) is 14.9. The van der Waals surface area contributed by atoms with Crippen LogP contribution in [0.2, 0.25) is 0 Å². The highest BCUT2D eigenvalue weighted by Crippen LogP contribution is 2.64. The van der Waals surface area contributed by atoms with Crippen LogP contribution in [0, 0.1) is 0 Å². The maximum atomic E-state index is 6.86. The molecular formula is C62H39NO. The van der Waals surface area contributed by atoms with E-state index in [0.29, 0.717) is 0 Å². The van der Waals surface area contributed by atoms with E-state index >= 15 is 0 Å². The lowest BCUT2D eigenvalue weighted by Crippen LogP contribution is -2.29. The van der Waals surface area contributed by atoms with E-state index in [4.69, 9.17) is 4.42 Å². The second-order valence-electron chi connectivity index (χ2n) is 17.4. The minimum atomic E-state index is -0.604. The summed E-state index contributed by atoms with van der Waals surface area (Å²) in [4.78, 5) is 2.43. The topological polar surface area (TPSA) is 16.4 Å². The van der Waals surface area contributed by atoms with E-state index in [0.717, 1.165) is 56.5 Å². The van der Waals surface area contributed by atoms with Gasteiger partial charge in [-0.1, -0.05) is 194 Å². The van der Waals surface area contributed by atoms with E-state index in [1.165, 1.54) is 77.9 Å². The Balaban J connectivity index is 1.11. The molecule has 298 valence electrons. The second kappa shape index (κ2) is 13.4. The Kier molecular flexibility index (Phi) is 7.41. The van der Waals surface area contributed by atoms with Crippen LogP contribution < -0.4 is 4.90 Å². The molecule has 1 heterocycles. The third kappa shape index (κ3) is 4.74. The molecule has 1 atom stereocenters. The lowest BCUT2D eigenvalue weighted by atomic mass is 9.65. The summed E-state index contributed by atoms with van der Waals surface area (Å²) >= 11 is 0. The van der Waals surface area contributed by atoms with Crippen molar-refractivity contribution in [1.82, 2.24) is 0 Å². The first-order valence-electron chi connectivity index (χ1n) is 22.3. The zero-order valence-corrected chi connectivity index (χ0v) is 34.9. The van der Waals surface area contributed by atoms with E-state index in [1.54, 1.807) is 0 Å². The molecule has 0 radical (unpaired) electrons. The zero-order valence-electron chi connectivity index (χ0n) is 34.9. The van der Waals surface area contributed by atoms with Crippen molar-refractivity contribution in [2.45, 2.75) is 11.8 Å². The predicted octanol–water partition coefficient (Wildman–Crippen LogP) is 16.3. The molecule has 0 saturated heterocycles. The van der Waals surface area contributed by atoms with Crippen LogP contribution in [0.4, 0.5) is 17.1 Å². The minimum absolute atomic E-state index is 0.604. The van der Waals surface area contributed by atoms with Gasteiger partial charge < -0.3 is 9.32 Å². The fourth-order valence-corrected chi connectivity index (χ4v) is 11.8. The average Bonchev–Trinajstić information content (AvgIpc) is 4.01. The van der Waals surface area contributed by atoms with Gasteiger partial charge in [0, 0.05) is 22.0 Å². The standard InChI is InChI=1S/C62H39NO/c1-2-17-39(18-3-1)43-20-10-14-30-56(43)63(57-31-16-27-49-48-25-11-15-32-58(48)64-61(49)57)42-34-36-54-51(38-42)46-23-7-6-22-45(46)47-24-8-12-28-52(47)62(54)53-29-13-9-26-50(53)60-55(62)35-33-41-37-40-19-4-5-21-44(40)59(41)60/h1-36,38H,37H2. The molecule has 0 N–H and O–H groups in total. The van der Waals surface area contributed by atoms with E-state index in [-0.39, 0.29) is 0 Å². The van der Waals surface area contributed by atoms with Gasteiger partial charge in [-0.3, -0.25) is 0 Å². The fourth-order valence-electron chi connectivity index (χ4n) is 11.8. The largest absolute Gasteiger partial charge is 0.454 e. The molecule has 3 aliphatic carbocycles. The average molecular weight is 814 g/mol. The van der Waals surface area contributed by atoms with Crippen LogP contribution in [0.3, 0.4) is 0 Å². The second-order valence-corrected chi connectivity index (χ2v) is 17.4. The number of benzene rings is 10. The summed E-state index contributed by atoms with van der Waals surface area (Å²) in [5.74, 6) is 0. The van der Waals surface area contributed by atoms with Crippen molar-refractivity contribution in [3.63, 3.8) is 0 Å². The first-order chi connectivity index (χ1) is 31.8. The quantitative estimate of drug-likeness (QED) is 0.176. The molecule has 1 spiro atoms. The van der Waals surface area contributed by atoms with Crippen LogP contribution in [0.5, 0.6) is 0 Å². The van der Waals surface area contributed by atoms with Crippen molar-refractivity contribution in [3.8, 4) is 55.6 Å². The van der Waals surface area contributed by atoms with Gasteiger partial charge in [0.1, 0.15) is 5.58 Å². The van der Waals surface area contributed by atoms with Gasteiger partial charge in [-0.25, -0.2) is 0 Å². The lowest BCUT2D eigenvalue weighted by Gasteiger charge is -2.36. The van der Waals surface area contributed by atoms with Gasteiger partial charge >= 0.3 is 0 Å². The fraction of sp³-hybridized carbons (Fsp3) is 0.0323. The van der Waals surface area contributed by atoms with Gasteiger partial charge in [0.15, 0.2) is 5.58 Å². The number of fused-ring (bicyclic) bond motifs is 19. The summed E-state index contributed by atoms with van der Waals surface area (Å²) in [6, 6.07) is 83.2. The Bertz CT molecular complexity index is 3720. The van der Waals surface area contributed by atoms with Crippen LogP contribution in [-0.4, -0.2) is 0 Å². The van der Waals surface area contributed by atoms with Crippen molar-refractivity contribution >= 4 is 39.0 Å². The van der Waals surface area contributed by atoms with Crippen molar-refractivity contribution in [1.29, 1.82) is 0 Å². The molecule has 0 amide bonds. The van der Waals surface area contributed by atoms with Crippen LogP contribution >= 0.6 is 0 Å². The number of anilines is 3. The van der Waals surface area contributed by atoms with Gasteiger partial charge in [-0.15, -0.1) is 0 Å². The molecule has 10 aromatic carbocycles. The summed E-state index contributed by atoms with van der Waals surface area (Å²) in [6.07, 6.45) is 0.953. The summed E-state index contributed by atoms with van der Waals surface area (Å²) < 4.78 is 6.86. The molecule has 64 heavy (non-hydrogen) atoms. The smallest absolute Gasteiger partial charge is 0.159 e. The van der Waals surface area contributed by atoms with Crippen LogP contribution in [0.1, 0.15) is 33.4 Å². The maximum absolute atomic E-state index is 6.86. The number of rotatable bonds is 4. The van der Waals surface area contributed by atoms with E-state index < -0.39 is 5.41 Å². The highest BCUT2D eigenvalue weighted by atomic mass is 16.3.